The van der Waals surface area contributed by atoms with Gasteiger partial charge < -0.3 is 15.4 Å². The molecule has 0 fully saturated rings. The van der Waals surface area contributed by atoms with Crippen molar-refractivity contribution in [1.82, 2.24) is 10.3 Å². The molecule has 0 saturated heterocycles. The van der Waals surface area contributed by atoms with Gasteiger partial charge in [0.2, 0.25) is 0 Å². The van der Waals surface area contributed by atoms with Gasteiger partial charge in [-0.25, -0.2) is 0 Å². The van der Waals surface area contributed by atoms with Crippen LogP contribution in [0.4, 0.5) is 5.69 Å². The number of aliphatic hydroxyl groups excluding tert-OH is 1. The first-order valence-electron chi connectivity index (χ1n) is 5.92. The summed E-state index contributed by atoms with van der Waals surface area (Å²) in [4.78, 5) is 24.2. The third-order valence-corrected chi connectivity index (χ3v) is 2.76. The number of nitrogens with zero attached hydrogens (tertiary/aromatic N) is 1. The smallest absolute Gasteiger partial charge is 0.287 e. The van der Waals surface area contributed by atoms with Gasteiger partial charge in [0.25, 0.3) is 11.6 Å². The minimum Gasteiger partial charge on any atom is -0.387 e. The molecule has 3 N–H and O–H groups in total. The molecule has 0 bridgehead atoms. The third kappa shape index (κ3) is 3.21. The van der Waals surface area contributed by atoms with Crippen molar-refractivity contribution in [3.63, 3.8) is 0 Å². The number of carbonyl (C=O) groups is 1. The maximum absolute atomic E-state index is 11.7. The van der Waals surface area contributed by atoms with Crippen molar-refractivity contribution in [2.45, 2.75) is 6.10 Å². The molecule has 7 heteroatoms. The summed E-state index contributed by atoms with van der Waals surface area (Å²) in [5.74, 6) is -0.506. The Morgan fingerprint density at radius 2 is 2.10 bits per heavy atom. The zero-order valence-corrected chi connectivity index (χ0v) is 10.4. The normalized spacial score (nSPS) is 11.8. The topological polar surface area (TPSA) is 108 Å². The molecular formula is C13H13N3O4. The summed E-state index contributed by atoms with van der Waals surface area (Å²) in [6.45, 7) is 0.0235. The summed E-state index contributed by atoms with van der Waals surface area (Å²) in [6.07, 6.45) is 0.313. The SMILES string of the molecule is O=C(NCC(O)c1ccccc1)c1cc([N+](=O)[O-])c[nH]1. The molecule has 1 heterocycles. The summed E-state index contributed by atoms with van der Waals surface area (Å²) in [5.41, 5.74) is 0.584. The van der Waals surface area contributed by atoms with E-state index in [1.54, 1.807) is 24.3 Å². The predicted molar refractivity (Wildman–Crippen MR) is 71.2 cm³/mol. The van der Waals surface area contributed by atoms with Crippen LogP contribution in [0.3, 0.4) is 0 Å². The van der Waals surface area contributed by atoms with E-state index in [4.69, 9.17) is 0 Å². The number of aromatic nitrogens is 1. The van der Waals surface area contributed by atoms with Crippen molar-refractivity contribution in [2.24, 2.45) is 0 Å². The Labute approximate surface area is 114 Å². The average Bonchev–Trinajstić information content (AvgIpc) is 2.95. The van der Waals surface area contributed by atoms with Crippen LogP contribution in [0.1, 0.15) is 22.2 Å². The molecular weight excluding hydrogens is 262 g/mol. The Morgan fingerprint density at radius 3 is 2.70 bits per heavy atom. The first-order valence-corrected chi connectivity index (χ1v) is 5.92. The molecule has 20 heavy (non-hydrogen) atoms. The summed E-state index contributed by atoms with van der Waals surface area (Å²) >= 11 is 0. The highest BCUT2D eigenvalue weighted by molar-refractivity contribution is 5.93. The standard InChI is InChI=1S/C13H13N3O4/c17-12(9-4-2-1-3-5-9)8-15-13(18)11-6-10(7-14-11)16(19)20/h1-7,12,14,17H,8H2,(H,15,18). The fourth-order valence-electron chi connectivity index (χ4n) is 1.70. The zero-order valence-electron chi connectivity index (χ0n) is 10.4. The van der Waals surface area contributed by atoms with Gasteiger partial charge in [0, 0.05) is 12.6 Å². The van der Waals surface area contributed by atoms with Crippen LogP contribution in [0, 0.1) is 10.1 Å². The lowest BCUT2D eigenvalue weighted by atomic mass is 10.1. The lowest BCUT2D eigenvalue weighted by Gasteiger charge is -2.11. The predicted octanol–water partition coefficient (Wildman–Crippen LogP) is 1.39. The Kier molecular flexibility index (Phi) is 4.11. The Hall–Kier alpha value is -2.67. The number of hydrogen-bond donors (Lipinski definition) is 3. The van der Waals surface area contributed by atoms with Gasteiger partial charge in [-0.15, -0.1) is 0 Å². The molecule has 1 unspecified atom stereocenters. The lowest BCUT2D eigenvalue weighted by molar-refractivity contribution is -0.384. The highest BCUT2D eigenvalue weighted by Crippen LogP contribution is 2.13. The Balaban J connectivity index is 1.93. The van der Waals surface area contributed by atoms with E-state index in [2.05, 4.69) is 10.3 Å². The van der Waals surface area contributed by atoms with Gasteiger partial charge in [0.05, 0.1) is 17.2 Å². The van der Waals surface area contributed by atoms with E-state index in [1.807, 2.05) is 6.07 Å². The fourth-order valence-corrected chi connectivity index (χ4v) is 1.70. The Morgan fingerprint density at radius 1 is 1.40 bits per heavy atom. The van der Waals surface area contributed by atoms with E-state index in [9.17, 15) is 20.0 Å². The molecule has 0 aliphatic carbocycles. The molecule has 2 rings (SSSR count). The third-order valence-electron chi connectivity index (χ3n) is 2.76. The maximum atomic E-state index is 11.7. The van der Waals surface area contributed by atoms with Crippen LogP contribution in [-0.4, -0.2) is 27.5 Å². The van der Waals surface area contributed by atoms with Crippen molar-refractivity contribution in [1.29, 1.82) is 0 Å². The molecule has 104 valence electrons. The fraction of sp³-hybridized carbons (Fsp3) is 0.154. The molecule has 0 aliphatic rings. The highest BCUT2D eigenvalue weighted by atomic mass is 16.6. The number of H-pyrrole nitrogens is 1. The first-order chi connectivity index (χ1) is 9.58. The minimum atomic E-state index is -0.829. The van der Waals surface area contributed by atoms with E-state index in [1.165, 1.54) is 0 Å². The molecule has 7 nitrogen and oxygen atoms in total. The first kappa shape index (κ1) is 13.8. The van der Waals surface area contributed by atoms with Gasteiger partial charge >= 0.3 is 0 Å². The monoisotopic (exact) mass is 275 g/mol. The van der Waals surface area contributed by atoms with Gasteiger partial charge in [0.15, 0.2) is 0 Å². The van der Waals surface area contributed by atoms with Crippen LogP contribution in [0.5, 0.6) is 0 Å². The van der Waals surface area contributed by atoms with Gasteiger partial charge in [-0.05, 0) is 5.56 Å². The number of aliphatic hydroxyl groups is 1. The molecule has 0 spiro atoms. The van der Waals surface area contributed by atoms with Crippen molar-refractivity contribution < 1.29 is 14.8 Å². The van der Waals surface area contributed by atoms with E-state index >= 15 is 0 Å². The molecule has 2 aromatic rings. The summed E-state index contributed by atoms with van der Waals surface area (Å²) in [7, 11) is 0. The van der Waals surface area contributed by atoms with Gasteiger partial charge in [0.1, 0.15) is 5.69 Å². The van der Waals surface area contributed by atoms with Gasteiger partial charge in [-0.1, -0.05) is 30.3 Å². The van der Waals surface area contributed by atoms with E-state index in [0.717, 1.165) is 12.3 Å². The molecule has 0 radical (unpaired) electrons. The maximum Gasteiger partial charge on any atom is 0.287 e. The zero-order chi connectivity index (χ0) is 14.5. The number of benzene rings is 1. The molecule has 1 amide bonds. The van der Waals surface area contributed by atoms with Crippen LogP contribution in [-0.2, 0) is 0 Å². The molecule has 0 aliphatic heterocycles. The van der Waals surface area contributed by atoms with E-state index in [0.29, 0.717) is 5.56 Å². The van der Waals surface area contributed by atoms with Crippen molar-refractivity contribution in [3.8, 4) is 0 Å². The second-order valence-electron chi connectivity index (χ2n) is 4.17. The quantitative estimate of drug-likeness (QED) is 0.566. The average molecular weight is 275 g/mol. The van der Waals surface area contributed by atoms with Gasteiger partial charge in [-0.3, -0.25) is 14.9 Å². The van der Waals surface area contributed by atoms with E-state index in [-0.39, 0.29) is 17.9 Å². The minimum absolute atomic E-state index is 0.0235. The second-order valence-corrected chi connectivity index (χ2v) is 4.17. The highest BCUT2D eigenvalue weighted by Gasteiger charge is 2.15. The molecule has 1 atom stereocenters. The number of amides is 1. The van der Waals surface area contributed by atoms with E-state index < -0.39 is 16.9 Å². The van der Waals surface area contributed by atoms with Gasteiger partial charge in [-0.2, -0.15) is 0 Å². The van der Waals surface area contributed by atoms with Crippen molar-refractivity contribution >= 4 is 11.6 Å². The molecule has 1 aromatic heterocycles. The number of nitro groups is 1. The summed E-state index contributed by atoms with van der Waals surface area (Å²) in [6, 6.07) is 10.0. The van der Waals surface area contributed by atoms with Crippen LogP contribution >= 0.6 is 0 Å². The number of hydrogen-bond acceptors (Lipinski definition) is 4. The molecule has 0 saturated carbocycles. The van der Waals surface area contributed by atoms with Crippen LogP contribution in [0.15, 0.2) is 42.6 Å². The van der Waals surface area contributed by atoms with Crippen LogP contribution in [0.25, 0.3) is 0 Å². The summed E-state index contributed by atoms with van der Waals surface area (Å²) in [5, 5.41) is 22.9. The summed E-state index contributed by atoms with van der Waals surface area (Å²) < 4.78 is 0. The Bertz CT molecular complexity index is 609. The number of nitrogens with one attached hydrogen (secondary N) is 2. The number of rotatable bonds is 5. The molecule has 1 aromatic carbocycles. The van der Waals surface area contributed by atoms with Crippen LogP contribution in [0.2, 0.25) is 0 Å². The largest absolute Gasteiger partial charge is 0.387 e. The number of carbonyl (C=O) groups excluding carboxylic acids is 1. The van der Waals surface area contributed by atoms with Crippen molar-refractivity contribution in [3.05, 3.63) is 64.0 Å². The number of aromatic amines is 1. The van der Waals surface area contributed by atoms with Crippen LogP contribution < -0.4 is 5.32 Å². The van der Waals surface area contributed by atoms with Crippen molar-refractivity contribution in [2.75, 3.05) is 6.54 Å². The lowest BCUT2D eigenvalue weighted by Crippen LogP contribution is -2.28. The second kappa shape index (κ2) is 5.98.